The highest BCUT2D eigenvalue weighted by Gasteiger charge is 2.28. The number of nitrogens with zero attached hydrogens (tertiary/aromatic N) is 1. The lowest BCUT2D eigenvalue weighted by Gasteiger charge is -2.34. The summed E-state index contributed by atoms with van der Waals surface area (Å²) >= 11 is 0. The number of likely N-dealkylation sites (tertiary alicyclic amines) is 1. The van der Waals surface area contributed by atoms with Crippen molar-refractivity contribution >= 4 is 11.9 Å². The largest absolute Gasteiger partial charge is 0.469 e. The number of halogens is 1. The molecule has 1 amide bonds. The van der Waals surface area contributed by atoms with Crippen molar-refractivity contribution in [1.82, 2.24) is 4.90 Å². The van der Waals surface area contributed by atoms with Gasteiger partial charge >= 0.3 is 5.97 Å². The van der Waals surface area contributed by atoms with Gasteiger partial charge in [-0.2, -0.15) is 0 Å². The zero-order chi connectivity index (χ0) is 17.5. The summed E-state index contributed by atoms with van der Waals surface area (Å²) in [5.41, 5.74) is 0.914. The number of ether oxygens (including phenoxy) is 1. The minimum atomic E-state index is -0.242. The second kappa shape index (κ2) is 8.81. The predicted octanol–water partition coefficient (Wildman–Crippen LogP) is 3.20. The zero-order valence-corrected chi connectivity index (χ0v) is 14.5. The molecule has 1 aromatic rings. The summed E-state index contributed by atoms with van der Waals surface area (Å²) in [4.78, 5) is 25.9. The second-order valence-electron chi connectivity index (χ2n) is 6.64. The van der Waals surface area contributed by atoms with Crippen LogP contribution in [0.4, 0.5) is 4.39 Å². The number of carbonyl (C=O) groups excluding carboxylic acids is 2. The highest BCUT2D eigenvalue weighted by Crippen LogP contribution is 2.22. The molecule has 0 spiro atoms. The maximum atomic E-state index is 13.2. The molecule has 2 atom stereocenters. The van der Waals surface area contributed by atoms with E-state index in [2.05, 4.69) is 0 Å². The summed E-state index contributed by atoms with van der Waals surface area (Å²) in [5, 5.41) is 0. The third-order valence-electron chi connectivity index (χ3n) is 4.69. The van der Waals surface area contributed by atoms with Crippen LogP contribution < -0.4 is 0 Å². The van der Waals surface area contributed by atoms with Gasteiger partial charge < -0.3 is 9.64 Å². The van der Waals surface area contributed by atoms with Crippen LogP contribution >= 0.6 is 0 Å². The Kier molecular flexibility index (Phi) is 6.76. The standard InChI is InChI=1S/C19H26FNO3/c1-14(8-9-15-5-3-7-17(20)11-15)19(23)21-10-4-6-16(13-21)12-18(22)24-2/h3,5,7,11,14,16H,4,6,8-10,12-13H2,1-2H3/t14-,16-/m0/s1. The minimum absolute atomic E-state index is 0.106. The van der Waals surface area contributed by atoms with Gasteiger partial charge in [-0.1, -0.05) is 19.1 Å². The number of hydrogen-bond donors (Lipinski definition) is 0. The van der Waals surface area contributed by atoms with Crippen LogP contribution in [0, 0.1) is 17.7 Å². The quantitative estimate of drug-likeness (QED) is 0.750. The Morgan fingerprint density at radius 1 is 1.42 bits per heavy atom. The average molecular weight is 335 g/mol. The van der Waals surface area contributed by atoms with E-state index in [-0.39, 0.29) is 29.5 Å². The third-order valence-corrected chi connectivity index (χ3v) is 4.69. The second-order valence-corrected chi connectivity index (χ2v) is 6.64. The summed E-state index contributed by atoms with van der Waals surface area (Å²) in [6.45, 7) is 3.30. The fourth-order valence-corrected chi connectivity index (χ4v) is 3.26. The summed E-state index contributed by atoms with van der Waals surface area (Å²) in [6.07, 6.45) is 3.63. The lowest BCUT2D eigenvalue weighted by molar-refractivity contribution is -0.144. The SMILES string of the molecule is COC(=O)C[C@@H]1CCCN(C(=O)[C@@H](C)CCc2cccc(F)c2)C1. The minimum Gasteiger partial charge on any atom is -0.469 e. The summed E-state index contributed by atoms with van der Waals surface area (Å²) in [5.74, 6) is -0.252. The van der Waals surface area contributed by atoms with Gasteiger partial charge in [0.05, 0.1) is 7.11 Å². The highest BCUT2D eigenvalue weighted by molar-refractivity contribution is 5.78. The molecule has 0 N–H and O–H groups in total. The van der Waals surface area contributed by atoms with Gasteiger partial charge in [-0.05, 0) is 49.3 Å². The first-order chi connectivity index (χ1) is 11.5. The van der Waals surface area contributed by atoms with Gasteiger partial charge in [-0.3, -0.25) is 9.59 Å². The molecule has 1 aliphatic heterocycles. The van der Waals surface area contributed by atoms with Crippen molar-refractivity contribution in [2.45, 2.75) is 39.0 Å². The van der Waals surface area contributed by atoms with Crippen LogP contribution in [0.1, 0.15) is 38.2 Å². The fourth-order valence-electron chi connectivity index (χ4n) is 3.26. The summed E-state index contributed by atoms with van der Waals surface area (Å²) < 4.78 is 17.9. The molecule has 5 heteroatoms. The van der Waals surface area contributed by atoms with Crippen molar-refractivity contribution in [3.8, 4) is 0 Å². The molecule has 1 heterocycles. The molecule has 132 valence electrons. The van der Waals surface area contributed by atoms with Gasteiger partial charge in [-0.25, -0.2) is 4.39 Å². The van der Waals surface area contributed by atoms with Crippen LogP contribution in [0.25, 0.3) is 0 Å². The van der Waals surface area contributed by atoms with Crippen LogP contribution in [-0.4, -0.2) is 37.0 Å². The maximum Gasteiger partial charge on any atom is 0.305 e. The van der Waals surface area contributed by atoms with Gasteiger partial charge in [0, 0.05) is 25.4 Å². The van der Waals surface area contributed by atoms with Crippen molar-refractivity contribution in [3.05, 3.63) is 35.6 Å². The molecule has 0 bridgehead atoms. The molecule has 2 rings (SSSR count). The molecule has 1 aromatic carbocycles. The Balaban J connectivity index is 1.84. The van der Waals surface area contributed by atoms with E-state index < -0.39 is 0 Å². The van der Waals surface area contributed by atoms with Crippen LogP contribution in [0.5, 0.6) is 0 Å². The first-order valence-electron chi connectivity index (χ1n) is 8.59. The Morgan fingerprint density at radius 3 is 2.92 bits per heavy atom. The number of amides is 1. The van der Waals surface area contributed by atoms with E-state index in [0.29, 0.717) is 25.8 Å². The van der Waals surface area contributed by atoms with Crippen LogP contribution in [0.2, 0.25) is 0 Å². The molecule has 24 heavy (non-hydrogen) atoms. The maximum absolute atomic E-state index is 13.2. The molecule has 1 saturated heterocycles. The van der Waals surface area contributed by atoms with E-state index in [4.69, 9.17) is 4.74 Å². The number of methoxy groups -OCH3 is 1. The van der Waals surface area contributed by atoms with E-state index in [0.717, 1.165) is 24.9 Å². The first kappa shape index (κ1) is 18.4. The highest BCUT2D eigenvalue weighted by atomic mass is 19.1. The van der Waals surface area contributed by atoms with Gasteiger partial charge in [0.1, 0.15) is 5.82 Å². The molecule has 1 aliphatic rings. The molecule has 0 aromatic heterocycles. The summed E-state index contributed by atoms with van der Waals surface area (Å²) in [6, 6.07) is 6.52. The van der Waals surface area contributed by atoms with E-state index >= 15 is 0 Å². The average Bonchev–Trinajstić information content (AvgIpc) is 2.59. The smallest absolute Gasteiger partial charge is 0.305 e. The molecule has 1 fully saturated rings. The number of hydrogen-bond acceptors (Lipinski definition) is 3. The van der Waals surface area contributed by atoms with Crippen molar-refractivity contribution in [2.24, 2.45) is 11.8 Å². The number of esters is 1. The third kappa shape index (κ3) is 5.32. The van der Waals surface area contributed by atoms with Crippen molar-refractivity contribution < 1.29 is 18.7 Å². The Bertz CT molecular complexity index is 575. The monoisotopic (exact) mass is 335 g/mol. The zero-order valence-electron chi connectivity index (χ0n) is 14.5. The van der Waals surface area contributed by atoms with Crippen molar-refractivity contribution in [2.75, 3.05) is 20.2 Å². The van der Waals surface area contributed by atoms with Gasteiger partial charge in [0.15, 0.2) is 0 Å². The molecule has 4 nitrogen and oxygen atoms in total. The van der Waals surface area contributed by atoms with E-state index in [1.807, 2.05) is 17.9 Å². The molecule has 0 saturated carbocycles. The fraction of sp³-hybridized carbons (Fsp3) is 0.579. The number of piperidine rings is 1. The van der Waals surface area contributed by atoms with Gasteiger partial charge in [0.25, 0.3) is 0 Å². The van der Waals surface area contributed by atoms with Gasteiger partial charge in [-0.15, -0.1) is 0 Å². The lowest BCUT2D eigenvalue weighted by Crippen LogP contribution is -2.43. The van der Waals surface area contributed by atoms with Gasteiger partial charge in [0.2, 0.25) is 5.91 Å². The normalized spacial score (nSPS) is 19.0. The molecule has 0 aliphatic carbocycles. The molecule has 0 unspecified atom stereocenters. The Hall–Kier alpha value is -1.91. The van der Waals surface area contributed by atoms with Crippen molar-refractivity contribution in [3.63, 3.8) is 0 Å². The molecular weight excluding hydrogens is 309 g/mol. The van der Waals surface area contributed by atoms with Crippen LogP contribution in [-0.2, 0) is 20.7 Å². The number of rotatable bonds is 6. The van der Waals surface area contributed by atoms with Crippen molar-refractivity contribution in [1.29, 1.82) is 0 Å². The molecular formula is C19H26FNO3. The van der Waals surface area contributed by atoms with E-state index in [1.165, 1.54) is 19.2 Å². The number of aryl methyl sites for hydroxylation is 1. The lowest BCUT2D eigenvalue weighted by atomic mass is 9.93. The predicted molar refractivity (Wildman–Crippen MR) is 89.8 cm³/mol. The van der Waals surface area contributed by atoms with E-state index in [9.17, 15) is 14.0 Å². The summed E-state index contributed by atoms with van der Waals surface area (Å²) in [7, 11) is 1.39. The Morgan fingerprint density at radius 2 is 2.21 bits per heavy atom. The number of carbonyl (C=O) groups is 2. The van der Waals surface area contributed by atoms with Crippen LogP contribution in [0.3, 0.4) is 0 Å². The topological polar surface area (TPSA) is 46.6 Å². The molecule has 0 radical (unpaired) electrons. The first-order valence-corrected chi connectivity index (χ1v) is 8.59. The Labute approximate surface area is 143 Å². The number of benzene rings is 1. The van der Waals surface area contributed by atoms with E-state index in [1.54, 1.807) is 6.07 Å². The van der Waals surface area contributed by atoms with Crippen LogP contribution in [0.15, 0.2) is 24.3 Å².